The SMILES string of the molecule is CCOC(=O)C1=C(c2ccccc2)N=c2s/c(=C\c3cc(Br)cc(I)c3OCC)c(=O)n2[C@@H]1c1ccc(F)cc1. The molecule has 0 spiro atoms. The lowest BCUT2D eigenvalue weighted by Gasteiger charge is -2.25. The zero-order chi connectivity index (χ0) is 28.4. The summed E-state index contributed by atoms with van der Waals surface area (Å²) in [5, 5.41) is 0. The predicted octanol–water partition coefficient (Wildman–Crippen LogP) is 5.84. The first-order valence-electron chi connectivity index (χ1n) is 12.5. The minimum Gasteiger partial charge on any atom is -0.492 e. The van der Waals surface area contributed by atoms with E-state index in [0.29, 0.717) is 38.5 Å². The Morgan fingerprint density at radius 1 is 1.12 bits per heavy atom. The van der Waals surface area contributed by atoms with E-state index < -0.39 is 17.8 Å². The number of carbonyl (C=O) groups is 1. The lowest BCUT2D eigenvalue weighted by Crippen LogP contribution is -2.40. The maximum atomic E-state index is 14.1. The topological polar surface area (TPSA) is 69.9 Å². The Kier molecular flexibility index (Phi) is 8.67. The van der Waals surface area contributed by atoms with Gasteiger partial charge in [-0.25, -0.2) is 14.2 Å². The fraction of sp³-hybridized carbons (Fsp3) is 0.167. The van der Waals surface area contributed by atoms with E-state index in [2.05, 4.69) is 38.5 Å². The van der Waals surface area contributed by atoms with Crippen molar-refractivity contribution in [1.29, 1.82) is 0 Å². The van der Waals surface area contributed by atoms with Crippen molar-refractivity contribution in [2.75, 3.05) is 13.2 Å². The molecule has 1 aliphatic rings. The standard InChI is InChI=1S/C30H23BrFIN2O4S/c1-3-38-27-19(14-20(31)16-22(27)33)15-23-28(36)35-26(18-10-12-21(32)13-11-18)24(29(37)39-4-2)25(34-30(35)40-23)17-8-6-5-7-9-17/h5-16,26H,3-4H2,1-2H3/b23-15-/t26-/m1/s1. The summed E-state index contributed by atoms with van der Waals surface area (Å²) >= 11 is 6.96. The molecule has 0 bridgehead atoms. The van der Waals surface area contributed by atoms with Gasteiger partial charge in [0, 0.05) is 15.6 Å². The lowest BCUT2D eigenvalue weighted by atomic mass is 9.93. The van der Waals surface area contributed by atoms with Crippen LogP contribution >= 0.6 is 49.9 Å². The van der Waals surface area contributed by atoms with Crippen LogP contribution in [-0.2, 0) is 9.53 Å². The van der Waals surface area contributed by atoms with Crippen LogP contribution in [0, 0.1) is 9.39 Å². The summed E-state index contributed by atoms with van der Waals surface area (Å²) in [6.45, 7) is 4.24. The Bertz CT molecular complexity index is 1800. The van der Waals surface area contributed by atoms with Crippen LogP contribution in [0.5, 0.6) is 5.75 Å². The fourth-order valence-corrected chi connectivity index (χ4v) is 7.22. The van der Waals surface area contributed by atoms with E-state index in [1.807, 2.05) is 49.4 Å². The number of carbonyl (C=O) groups excluding carboxylic acids is 1. The molecule has 40 heavy (non-hydrogen) atoms. The van der Waals surface area contributed by atoms with Crippen molar-refractivity contribution >= 4 is 67.6 Å². The molecule has 0 saturated heterocycles. The number of fused-ring (bicyclic) bond motifs is 1. The average Bonchev–Trinajstić information content (AvgIpc) is 3.25. The van der Waals surface area contributed by atoms with Gasteiger partial charge >= 0.3 is 5.97 Å². The third kappa shape index (κ3) is 5.57. The van der Waals surface area contributed by atoms with Gasteiger partial charge in [-0.15, -0.1) is 0 Å². The van der Waals surface area contributed by atoms with Gasteiger partial charge in [-0.2, -0.15) is 0 Å². The van der Waals surface area contributed by atoms with E-state index >= 15 is 0 Å². The second-order valence-corrected chi connectivity index (χ2v) is 11.8. The van der Waals surface area contributed by atoms with E-state index in [9.17, 15) is 14.0 Å². The number of nitrogens with zero attached hydrogens (tertiary/aromatic N) is 2. The van der Waals surface area contributed by atoms with Crippen LogP contribution in [0.3, 0.4) is 0 Å². The van der Waals surface area contributed by atoms with Gasteiger partial charge in [0.15, 0.2) is 4.80 Å². The summed E-state index contributed by atoms with van der Waals surface area (Å²) in [6, 6.07) is 18.0. The molecule has 5 rings (SSSR count). The van der Waals surface area contributed by atoms with Crippen LogP contribution in [0.4, 0.5) is 4.39 Å². The Morgan fingerprint density at radius 2 is 1.85 bits per heavy atom. The number of benzene rings is 3. The minimum atomic E-state index is -0.873. The molecule has 3 aromatic carbocycles. The third-order valence-electron chi connectivity index (χ3n) is 6.17. The first-order valence-corrected chi connectivity index (χ1v) is 15.2. The molecule has 4 aromatic rings. The number of hydrogen-bond donors (Lipinski definition) is 0. The molecule has 0 aliphatic carbocycles. The van der Waals surface area contributed by atoms with Crippen molar-refractivity contribution in [1.82, 2.24) is 4.57 Å². The number of ether oxygens (including phenoxy) is 2. The zero-order valence-corrected chi connectivity index (χ0v) is 26.0. The molecule has 0 saturated carbocycles. The molecule has 2 heterocycles. The normalized spacial score (nSPS) is 15.0. The van der Waals surface area contributed by atoms with E-state index in [4.69, 9.17) is 14.5 Å². The van der Waals surface area contributed by atoms with Crippen molar-refractivity contribution in [2.24, 2.45) is 4.99 Å². The predicted molar refractivity (Wildman–Crippen MR) is 165 cm³/mol. The van der Waals surface area contributed by atoms with Crippen LogP contribution < -0.4 is 19.6 Å². The molecule has 10 heteroatoms. The monoisotopic (exact) mass is 732 g/mol. The second-order valence-electron chi connectivity index (χ2n) is 8.72. The Hall–Kier alpha value is -3.09. The molecule has 0 N–H and O–H groups in total. The highest BCUT2D eigenvalue weighted by atomic mass is 127. The lowest BCUT2D eigenvalue weighted by molar-refractivity contribution is -0.138. The third-order valence-corrected chi connectivity index (χ3v) is 8.41. The van der Waals surface area contributed by atoms with Crippen molar-refractivity contribution in [3.63, 3.8) is 0 Å². The van der Waals surface area contributed by atoms with Gasteiger partial charge in [0.1, 0.15) is 11.6 Å². The van der Waals surface area contributed by atoms with Gasteiger partial charge in [0.25, 0.3) is 5.56 Å². The molecule has 1 aromatic heterocycles. The largest absolute Gasteiger partial charge is 0.492 e. The van der Waals surface area contributed by atoms with E-state index in [-0.39, 0.29) is 17.7 Å². The molecule has 0 unspecified atom stereocenters. The molecule has 0 amide bonds. The number of aromatic nitrogens is 1. The molecule has 0 fully saturated rings. The molecule has 6 nitrogen and oxygen atoms in total. The number of halogens is 3. The van der Waals surface area contributed by atoms with Crippen molar-refractivity contribution < 1.29 is 18.7 Å². The molecular weight excluding hydrogens is 710 g/mol. The Labute approximate surface area is 255 Å². The van der Waals surface area contributed by atoms with E-state index in [1.54, 1.807) is 25.1 Å². The summed E-state index contributed by atoms with van der Waals surface area (Å²) in [7, 11) is 0. The summed E-state index contributed by atoms with van der Waals surface area (Å²) in [5.41, 5.74) is 2.29. The van der Waals surface area contributed by atoms with Crippen molar-refractivity contribution in [3.05, 3.63) is 123 Å². The van der Waals surface area contributed by atoms with Gasteiger partial charge in [-0.05, 0) is 72.3 Å². The van der Waals surface area contributed by atoms with Crippen LogP contribution in [-0.4, -0.2) is 23.8 Å². The summed E-state index contributed by atoms with van der Waals surface area (Å²) in [4.78, 5) is 32.8. The van der Waals surface area contributed by atoms with Crippen molar-refractivity contribution in [2.45, 2.75) is 19.9 Å². The van der Waals surface area contributed by atoms with Gasteiger partial charge in [0.05, 0.1) is 38.6 Å². The quantitative estimate of drug-likeness (QED) is 0.177. The zero-order valence-electron chi connectivity index (χ0n) is 21.5. The molecule has 1 aliphatic heterocycles. The first-order chi connectivity index (χ1) is 19.3. The van der Waals surface area contributed by atoms with Crippen LogP contribution in [0.25, 0.3) is 11.8 Å². The van der Waals surface area contributed by atoms with Crippen LogP contribution in [0.1, 0.15) is 36.6 Å². The number of hydrogen-bond acceptors (Lipinski definition) is 6. The molecule has 1 atom stereocenters. The smallest absolute Gasteiger partial charge is 0.338 e. The molecule has 204 valence electrons. The Balaban J connectivity index is 1.83. The van der Waals surface area contributed by atoms with Gasteiger partial charge in [-0.3, -0.25) is 9.36 Å². The maximum absolute atomic E-state index is 14.1. The van der Waals surface area contributed by atoms with Crippen LogP contribution in [0.15, 0.2) is 86.6 Å². The number of esters is 1. The summed E-state index contributed by atoms with van der Waals surface area (Å²) in [5.74, 6) is -0.341. The molecular formula is C30H23BrFIN2O4S. The van der Waals surface area contributed by atoms with Crippen molar-refractivity contribution in [3.8, 4) is 5.75 Å². The summed E-state index contributed by atoms with van der Waals surface area (Å²) < 4.78 is 29.0. The number of rotatable bonds is 7. The van der Waals surface area contributed by atoms with E-state index in [0.717, 1.165) is 13.6 Å². The summed E-state index contributed by atoms with van der Waals surface area (Å²) in [6.07, 6.45) is 1.78. The average molecular weight is 733 g/mol. The highest BCUT2D eigenvalue weighted by Crippen LogP contribution is 2.35. The van der Waals surface area contributed by atoms with Crippen LogP contribution in [0.2, 0.25) is 0 Å². The number of thiazole rings is 1. The fourth-order valence-electron chi connectivity index (χ4n) is 4.53. The second kappa shape index (κ2) is 12.2. The molecule has 0 radical (unpaired) electrons. The van der Waals surface area contributed by atoms with Gasteiger partial charge < -0.3 is 9.47 Å². The Morgan fingerprint density at radius 3 is 2.52 bits per heavy atom. The van der Waals surface area contributed by atoms with E-state index in [1.165, 1.54) is 28.0 Å². The van der Waals surface area contributed by atoms with Gasteiger partial charge in [-0.1, -0.05) is 69.7 Å². The highest BCUT2D eigenvalue weighted by molar-refractivity contribution is 14.1. The first kappa shape index (κ1) is 28.4. The maximum Gasteiger partial charge on any atom is 0.338 e. The minimum absolute atomic E-state index is 0.146. The van der Waals surface area contributed by atoms with Gasteiger partial charge in [0.2, 0.25) is 0 Å². The highest BCUT2D eigenvalue weighted by Gasteiger charge is 2.35.